The molecule has 4 N–H and O–H groups in total. The van der Waals surface area contributed by atoms with Crippen molar-refractivity contribution in [3.05, 3.63) is 27.9 Å². The monoisotopic (exact) mass is 295 g/mol. The second kappa shape index (κ2) is 5.92. The summed E-state index contributed by atoms with van der Waals surface area (Å²) in [5.41, 5.74) is 5.40. The lowest BCUT2D eigenvalue weighted by Gasteiger charge is -2.34. The van der Waals surface area contributed by atoms with Crippen molar-refractivity contribution >= 4 is 17.3 Å². The Balaban J connectivity index is 2.37. The van der Waals surface area contributed by atoms with E-state index in [2.05, 4.69) is 10.1 Å². The third kappa shape index (κ3) is 3.02. The van der Waals surface area contributed by atoms with Gasteiger partial charge in [-0.05, 0) is 12.3 Å². The van der Waals surface area contributed by atoms with E-state index in [1.165, 1.54) is 12.3 Å². The Morgan fingerprint density at radius 1 is 1.67 bits per heavy atom. The van der Waals surface area contributed by atoms with Crippen molar-refractivity contribution in [2.75, 3.05) is 18.0 Å². The molecule has 1 aliphatic heterocycles. The molecule has 0 aliphatic carbocycles. The first-order chi connectivity index (χ1) is 9.93. The van der Waals surface area contributed by atoms with Crippen molar-refractivity contribution in [1.29, 1.82) is 0 Å². The molecule has 0 bridgehead atoms. The van der Waals surface area contributed by atoms with Crippen LogP contribution in [0.2, 0.25) is 0 Å². The number of nitrogens with zero attached hydrogens (tertiary/aromatic N) is 4. The third-order valence-corrected chi connectivity index (χ3v) is 3.61. The molecule has 1 aromatic heterocycles. The highest BCUT2D eigenvalue weighted by molar-refractivity contribution is 5.97. The second-order valence-electron chi connectivity index (χ2n) is 5.09. The van der Waals surface area contributed by atoms with Crippen LogP contribution in [0.5, 0.6) is 0 Å². The van der Waals surface area contributed by atoms with Gasteiger partial charge in [0.05, 0.1) is 11.0 Å². The molecule has 2 atom stereocenters. The maximum Gasteiger partial charge on any atom is 0.312 e. The molecule has 1 aromatic rings. The van der Waals surface area contributed by atoms with Gasteiger partial charge in [-0.25, -0.2) is 4.98 Å². The van der Waals surface area contributed by atoms with Crippen molar-refractivity contribution in [2.45, 2.75) is 19.4 Å². The zero-order valence-corrected chi connectivity index (χ0v) is 11.5. The number of aromatic nitrogens is 1. The van der Waals surface area contributed by atoms with Crippen LogP contribution >= 0.6 is 0 Å². The minimum atomic E-state index is -0.549. The molecule has 0 saturated carbocycles. The lowest BCUT2D eigenvalue weighted by molar-refractivity contribution is -0.384. The van der Waals surface area contributed by atoms with Gasteiger partial charge >= 0.3 is 5.69 Å². The first-order valence-corrected chi connectivity index (χ1v) is 6.49. The van der Waals surface area contributed by atoms with Crippen LogP contribution in [-0.4, -0.2) is 45.3 Å². The molecule has 0 aromatic carbocycles. The number of oxime groups is 1. The average molecular weight is 295 g/mol. The van der Waals surface area contributed by atoms with Gasteiger partial charge in [0.15, 0.2) is 5.84 Å². The van der Waals surface area contributed by atoms with Gasteiger partial charge in [-0.1, -0.05) is 12.1 Å². The summed E-state index contributed by atoms with van der Waals surface area (Å²) in [4.78, 5) is 16.5. The molecule has 21 heavy (non-hydrogen) atoms. The highest BCUT2D eigenvalue weighted by atomic mass is 16.6. The van der Waals surface area contributed by atoms with E-state index in [0.29, 0.717) is 19.5 Å². The molecular formula is C12H17N5O4. The minimum absolute atomic E-state index is 0.00362. The number of hydrogen-bond donors (Lipinski definition) is 3. The number of rotatable bonds is 3. The number of hydrogen-bond acceptors (Lipinski definition) is 7. The minimum Gasteiger partial charge on any atom is -0.409 e. The van der Waals surface area contributed by atoms with Crippen LogP contribution in [0.1, 0.15) is 18.9 Å². The van der Waals surface area contributed by atoms with E-state index in [1.54, 1.807) is 4.90 Å². The van der Waals surface area contributed by atoms with Gasteiger partial charge in [0.1, 0.15) is 0 Å². The Morgan fingerprint density at radius 3 is 2.95 bits per heavy atom. The van der Waals surface area contributed by atoms with E-state index in [0.717, 1.165) is 0 Å². The molecular weight excluding hydrogens is 278 g/mol. The fourth-order valence-electron chi connectivity index (χ4n) is 2.35. The fraction of sp³-hybridized carbons (Fsp3) is 0.500. The van der Waals surface area contributed by atoms with Gasteiger partial charge in [-0.3, -0.25) is 10.1 Å². The summed E-state index contributed by atoms with van der Waals surface area (Å²) < 4.78 is 0. The Bertz CT molecular complexity index is 577. The van der Waals surface area contributed by atoms with Gasteiger partial charge in [0.25, 0.3) is 0 Å². The maximum absolute atomic E-state index is 11.2. The predicted molar refractivity (Wildman–Crippen MR) is 75.4 cm³/mol. The van der Waals surface area contributed by atoms with Crippen molar-refractivity contribution in [3.63, 3.8) is 0 Å². The highest BCUT2D eigenvalue weighted by Gasteiger charge is 2.29. The van der Waals surface area contributed by atoms with Crippen LogP contribution < -0.4 is 10.6 Å². The molecule has 2 rings (SSSR count). The summed E-state index contributed by atoms with van der Waals surface area (Å²) in [6.07, 6.45) is 1.45. The van der Waals surface area contributed by atoms with E-state index in [9.17, 15) is 15.2 Å². The molecule has 0 amide bonds. The zero-order chi connectivity index (χ0) is 15.6. The van der Waals surface area contributed by atoms with E-state index in [-0.39, 0.29) is 28.8 Å². The van der Waals surface area contributed by atoms with Crippen molar-refractivity contribution < 1.29 is 15.2 Å². The van der Waals surface area contributed by atoms with Gasteiger partial charge < -0.3 is 20.9 Å². The quantitative estimate of drug-likeness (QED) is 0.239. The van der Waals surface area contributed by atoms with Crippen LogP contribution in [0.15, 0.2) is 17.4 Å². The number of nitrogens with two attached hydrogens (primary N) is 1. The number of piperidine rings is 1. The smallest absolute Gasteiger partial charge is 0.312 e. The standard InChI is InChI=1S/C12H17N5O4/c1-7-6-16(3-2-10(7)18)12-9(17(20)21)4-8(5-14-12)11(13)15-19/h4-5,7,10,18-19H,2-3,6H2,1H3,(H2,13,15). The van der Waals surface area contributed by atoms with Crippen LogP contribution in [-0.2, 0) is 0 Å². The van der Waals surface area contributed by atoms with Crippen LogP contribution in [0, 0.1) is 16.0 Å². The highest BCUT2D eigenvalue weighted by Crippen LogP contribution is 2.30. The first-order valence-electron chi connectivity index (χ1n) is 6.49. The third-order valence-electron chi connectivity index (χ3n) is 3.61. The summed E-state index contributed by atoms with van der Waals surface area (Å²) >= 11 is 0. The van der Waals surface area contributed by atoms with E-state index < -0.39 is 11.0 Å². The summed E-state index contributed by atoms with van der Waals surface area (Å²) in [5, 5.41) is 32.4. The lowest BCUT2D eigenvalue weighted by atomic mass is 9.96. The summed E-state index contributed by atoms with van der Waals surface area (Å²) in [6.45, 7) is 2.85. The second-order valence-corrected chi connectivity index (χ2v) is 5.09. The Morgan fingerprint density at radius 2 is 2.38 bits per heavy atom. The molecule has 0 spiro atoms. The van der Waals surface area contributed by atoms with Crippen LogP contribution in [0.25, 0.3) is 0 Å². The SMILES string of the molecule is CC1CN(c2ncc(C(N)=NO)cc2[N+](=O)[O-])CCC1O. The van der Waals surface area contributed by atoms with Gasteiger partial charge in [0, 0.05) is 30.9 Å². The Labute approximate surface area is 120 Å². The van der Waals surface area contributed by atoms with Crippen molar-refractivity contribution in [2.24, 2.45) is 16.8 Å². The number of nitro groups is 1. The number of amidine groups is 1. The fourth-order valence-corrected chi connectivity index (χ4v) is 2.35. The van der Waals surface area contributed by atoms with Crippen LogP contribution in [0.3, 0.4) is 0 Å². The van der Waals surface area contributed by atoms with E-state index in [1.807, 2.05) is 6.92 Å². The van der Waals surface area contributed by atoms with Crippen molar-refractivity contribution in [3.8, 4) is 0 Å². The molecule has 1 aliphatic rings. The maximum atomic E-state index is 11.2. The number of pyridine rings is 1. The molecule has 1 saturated heterocycles. The molecule has 1 fully saturated rings. The summed E-state index contributed by atoms with van der Waals surface area (Å²) in [6, 6.07) is 1.23. The first kappa shape index (κ1) is 15.0. The average Bonchev–Trinajstić information content (AvgIpc) is 2.48. The number of aliphatic hydroxyl groups excluding tert-OH is 1. The normalized spacial score (nSPS) is 23.1. The Hall–Kier alpha value is -2.42. The van der Waals surface area contributed by atoms with Crippen LogP contribution in [0.4, 0.5) is 11.5 Å². The number of anilines is 1. The van der Waals surface area contributed by atoms with E-state index in [4.69, 9.17) is 10.9 Å². The van der Waals surface area contributed by atoms with Crippen molar-refractivity contribution in [1.82, 2.24) is 4.98 Å². The lowest BCUT2D eigenvalue weighted by Crippen LogP contribution is -2.42. The summed E-state index contributed by atoms with van der Waals surface area (Å²) in [7, 11) is 0. The molecule has 2 heterocycles. The van der Waals surface area contributed by atoms with Gasteiger partial charge in [0.2, 0.25) is 5.82 Å². The molecule has 9 nitrogen and oxygen atoms in total. The predicted octanol–water partition coefficient (Wildman–Crippen LogP) is 0.291. The zero-order valence-electron chi connectivity index (χ0n) is 11.5. The molecule has 2 unspecified atom stereocenters. The Kier molecular flexibility index (Phi) is 4.22. The van der Waals surface area contributed by atoms with E-state index >= 15 is 0 Å². The molecule has 114 valence electrons. The number of aliphatic hydroxyl groups is 1. The largest absolute Gasteiger partial charge is 0.409 e. The summed E-state index contributed by atoms with van der Waals surface area (Å²) in [5.74, 6) is -0.00303. The molecule has 0 radical (unpaired) electrons. The van der Waals surface area contributed by atoms with Gasteiger partial charge in [-0.2, -0.15) is 0 Å². The molecule has 9 heteroatoms. The topological polar surface area (TPSA) is 138 Å². The van der Waals surface area contributed by atoms with Gasteiger partial charge in [-0.15, -0.1) is 0 Å².